The zero-order chi connectivity index (χ0) is 14.9. The van der Waals surface area contributed by atoms with Gasteiger partial charge in [0.05, 0.1) is 18.4 Å². The highest BCUT2D eigenvalue weighted by atomic mass is 16.4. The van der Waals surface area contributed by atoms with E-state index in [1.165, 1.54) is 0 Å². The van der Waals surface area contributed by atoms with Crippen LogP contribution in [-0.4, -0.2) is 71.2 Å². The number of carboxylic acids is 1. The Morgan fingerprint density at radius 1 is 1.15 bits per heavy atom. The average molecular weight is 284 g/mol. The molecule has 1 saturated heterocycles. The van der Waals surface area contributed by atoms with Gasteiger partial charge in [-0.3, -0.25) is 14.5 Å². The van der Waals surface area contributed by atoms with Gasteiger partial charge in [0.1, 0.15) is 0 Å². The summed E-state index contributed by atoms with van der Waals surface area (Å²) in [5.74, 6) is -1.82. The Bertz CT molecular complexity index is 397. The van der Waals surface area contributed by atoms with Crippen molar-refractivity contribution in [3.63, 3.8) is 0 Å². The molecule has 2 N–H and O–H groups in total. The van der Waals surface area contributed by atoms with Crippen LogP contribution in [0.3, 0.4) is 0 Å². The molecule has 1 heterocycles. The molecule has 0 unspecified atom stereocenters. The van der Waals surface area contributed by atoms with E-state index < -0.39 is 17.3 Å². The predicted octanol–water partition coefficient (Wildman–Crippen LogP) is -0.130. The van der Waals surface area contributed by atoms with E-state index in [9.17, 15) is 9.59 Å². The first-order chi connectivity index (χ1) is 9.39. The first-order valence-electron chi connectivity index (χ1n) is 7.24. The molecule has 6 heteroatoms. The van der Waals surface area contributed by atoms with Crippen LogP contribution in [-0.2, 0) is 9.59 Å². The SMILES string of the molecule is CC1(C)[C@H](C(=O)O)[C@@H]1C(=O)N1CCCN(CCO)CC1. The van der Waals surface area contributed by atoms with Crippen LogP contribution in [0, 0.1) is 17.3 Å². The number of β-amino-alcohol motifs (C(OH)–C–C–N with tert-alkyl or cyclic N) is 1. The van der Waals surface area contributed by atoms with E-state index in [2.05, 4.69) is 4.90 Å². The smallest absolute Gasteiger partial charge is 0.307 e. The van der Waals surface area contributed by atoms with Crippen molar-refractivity contribution in [2.45, 2.75) is 20.3 Å². The minimum absolute atomic E-state index is 0.0201. The van der Waals surface area contributed by atoms with Gasteiger partial charge < -0.3 is 15.1 Å². The van der Waals surface area contributed by atoms with Crippen molar-refractivity contribution in [2.24, 2.45) is 17.3 Å². The topological polar surface area (TPSA) is 81.1 Å². The zero-order valence-corrected chi connectivity index (χ0v) is 12.2. The van der Waals surface area contributed by atoms with Gasteiger partial charge in [-0.1, -0.05) is 13.8 Å². The van der Waals surface area contributed by atoms with Crippen molar-refractivity contribution in [2.75, 3.05) is 39.3 Å². The van der Waals surface area contributed by atoms with Gasteiger partial charge >= 0.3 is 5.97 Å². The lowest BCUT2D eigenvalue weighted by Crippen LogP contribution is -2.37. The molecule has 114 valence electrons. The number of rotatable bonds is 4. The third-order valence-corrected chi connectivity index (χ3v) is 4.68. The minimum atomic E-state index is -0.870. The molecule has 20 heavy (non-hydrogen) atoms. The van der Waals surface area contributed by atoms with Gasteiger partial charge in [-0.05, 0) is 18.4 Å². The number of carbonyl (C=O) groups is 2. The summed E-state index contributed by atoms with van der Waals surface area (Å²) in [7, 11) is 0. The maximum absolute atomic E-state index is 12.5. The van der Waals surface area contributed by atoms with Crippen molar-refractivity contribution in [1.29, 1.82) is 0 Å². The fourth-order valence-electron chi connectivity index (χ4n) is 3.31. The Balaban J connectivity index is 1.95. The molecule has 0 aromatic carbocycles. The zero-order valence-electron chi connectivity index (χ0n) is 12.2. The second-order valence-corrected chi connectivity index (χ2v) is 6.36. The lowest BCUT2D eigenvalue weighted by Gasteiger charge is -2.22. The van der Waals surface area contributed by atoms with E-state index in [0.29, 0.717) is 19.6 Å². The lowest BCUT2D eigenvalue weighted by molar-refractivity contribution is -0.142. The molecule has 2 atom stereocenters. The number of carbonyl (C=O) groups excluding carboxylic acids is 1. The van der Waals surface area contributed by atoms with Crippen LogP contribution in [0.2, 0.25) is 0 Å². The highest BCUT2D eigenvalue weighted by molar-refractivity contribution is 5.91. The van der Waals surface area contributed by atoms with E-state index in [4.69, 9.17) is 10.2 Å². The number of nitrogens with zero attached hydrogens (tertiary/aromatic N) is 2. The number of hydrogen-bond acceptors (Lipinski definition) is 4. The van der Waals surface area contributed by atoms with Crippen LogP contribution < -0.4 is 0 Å². The van der Waals surface area contributed by atoms with Crippen LogP contribution in [0.15, 0.2) is 0 Å². The van der Waals surface area contributed by atoms with E-state index in [-0.39, 0.29) is 18.4 Å². The molecule has 1 aliphatic carbocycles. The number of hydrogen-bond donors (Lipinski definition) is 2. The van der Waals surface area contributed by atoms with Gasteiger partial charge in [0.2, 0.25) is 5.91 Å². The van der Waals surface area contributed by atoms with Crippen LogP contribution in [0.1, 0.15) is 20.3 Å². The van der Waals surface area contributed by atoms with Gasteiger partial charge in [0.15, 0.2) is 0 Å². The lowest BCUT2D eigenvalue weighted by atomic mass is 10.1. The second-order valence-electron chi connectivity index (χ2n) is 6.36. The summed E-state index contributed by atoms with van der Waals surface area (Å²) in [6.45, 7) is 7.39. The molecular formula is C14H24N2O4. The first-order valence-corrected chi connectivity index (χ1v) is 7.24. The molecule has 0 aromatic rings. The number of aliphatic hydroxyl groups excluding tert-OH is 1. The molecule has 6 nitrogen and oxygen atoms in total. The Kier molecular flexibility index (Phi) is 4.34. The normalized spacial score (nSPS) is 29.9. The minimum Gasteiger partial charge on any atom is -0.481 e. The monoisotopic (exact) mass is 284 g/mol. The maximum atomic E-state index is 12.5. The quantitative estimate of drug-likeness (QED) is 0.751. The summed E-state index contributed by atoms with van der Waals surface area (Å²) < 4.78 is 0. The van der Waals surface area contributed by atoms with Crippen LogP contribution in [0.4, 0.5) is 0 Å². The van der Waals surface area contributed by atoms with E-state index in [1.807, 2.05) is 13.8 Å². The third-order valence-electron chi connectivity index (χ3n) is 4.68. The fourth-order valence-corrected chi connectivity index (χ4v) is 3.31. The molecule has 0 spiro atoms. The number of amides is 1. The van der Waals surface area contributed by atoms with Gasteiger partial charge in [-0.15, -0.1) is 0 Å². The number of carboxylic acid groups (broad SMARTS) is 1. The van der Waals surface area contributed by atoms with E-state index in [1.54, 1.807) is 4.90 Å². The maximum Gasteiger partial charge on any atom is 0.307 e. The van der Waals surface area contributed by atoms with Crippen LogP contribution in [0.25, 0.3) is 0 Å². The van der Waals surface area contributed by atoms with Gasteiger partial charge in [0.25, 0.3) is 0 Å². The first kappa shape index (κ1) is 15.3. The summed E-state index contributed by atoms with van der Waals surface area (Å²) in [4.78, 5) is 27.6. The Morgan fingerprint density at radius 2 is 1.85 bits per heavy atom. The van der Waals surface area contributed by atoms with Gasteiger partial charge in [-0.25, -0.2) is 0 Å². The standard InChI is InChI=1S/C14H24N2O4/c1-14(2)10(11(14)13(19)20)12(18)16-5-3-4-15(6-7-16)8-9-17/h10-11,17H,3-9H2,1-2H3,(H,19,20)/t10-,11+/m1/s1. The van der Waals surface area contributed by atoms with E-state index >= 15 is 0 Å². The van der Waals surface area contributed by atoms with Crippen molar-refractivity contribution < 1.29 is 19.8 Å². The van der Waals surface area contributed by atoms with Crippen molar-refractivity contribution >= 4 is 11.9 Å². The molecule has 0 aromatic heterocycles. The molecule has 2 aliphatic rings. The molecule has 1 amide bonds. The highest BCUT2D eigenvalue weighted by Crippen LogP contribution is 2.59. The van der Waals surface area contributed by atoms with Gasteiger partial charge in [-0.2, -0.15) is 0 Å². The number of aliphatic hydroxyl groups is 1. The fraction of sp³-hybridized carbons (Fsp3) is 0.857. The Labute approximate surface area is 119 Å². The van der Waals surface area contributed by atoms with Crippen molar-refractivity contribution in [3.05, 3.63) is 0 Å². The predicted molar refractivity (Wildman–Crippen MR) is 73.1 cm³/mol. The van der Waals surface area contributed by atoms with E-state index in [0.717, 1.165) is 19.5 Å². The Hall–Kier alpha value is -1.14. The largest absolute Gasteiger partial charge is 0.481 e. The molecule has 0 radical (unpaired) electrons. The molecule has 1 saturated carbocycles. The van der Waals surface area contributed by atoms with Crippen molar-refractivity contribution in [1.82, 2.24) is 9.80 Å². The second kappa shape index (κ2) is 5.69. The summed E-state index contributed by atoms with van der Waals surface area (Å²) in [6, 6.07) is 0. The Morgan fingerprint density at radius 3 is 2.40 bits per heavy atom. The summed E-state index contributed by atoms with van der Waals surface area (Å²) >= 11 is 0. The van der Waals surface area contributed by atoms with Crippen LogP contribution in [0.5, 0.6) is 0 Å². The van der Waals surface area contributed by atoms with Crippen LogP contribution >= 0.6 is 0 Å². The summed E-state index contributed by atoms with van der Waals surface area (Å²) in [5, 5.41) is 18.1. The molecule has 1 aliphatic heterocycles. The molecule has 2 rings (SSSR count). The van der Waals surface area contributed by atoms with Crippen molar-refractivity contribution in [3.8, 4) is 0 Å². The molecule has 2 fully saturated rings. The summed E-state index contributed by atoms with van der Waals surface area (Å²) in [5.41, 5.74) is -0.431. The van der Waals surface area contributed by atoms with Gasteiger partial charge in [0, 0.05) is 26.2 Å². The number of aliphatic carboxylic acids is 1. The summed E-state index contributed by atoms with van der Waals surface area (Å²) in [6.07, 6.45) is 0.872. The highest BCUT2D eigenvalue weighted by Gasteiger charge is 2.66. The third kappa shape index (κ3) is 2.81. The average Bonchev–Trinajstić information content (AvgIpc) is 3.01. The molecular weight excluding hydrogens is 260 g/mol. The molecule has 0 bridgehead atoms.